The second kappa shape index (κ2) is 11.3. The molecule has 1 N–H and O–H groups in total. The number of anilines is 1. The Balaban J connectivity index is 1.22. The molecule has 0 saturated heterocycles. The maximum atomic E-state index is 12.8. The highest BCUT2D eigenvalue weighted by Crippen LogP contribution is 2.40. The van der Waals surface area contributed by atoms with Gasteiger partial charge in [0.05, 0.1) is 24.5 Å². The molecule has 1 atom stereocenters. The number of carbonyl (C=O) groups excluding carboxylic acids is 2. The van der Waals surface area contributed by atoms with Crippen LogP contribution in [0.3, 0.4) is 0 Å². The number of aromatic nitrogens is 3. The van der Waals surface area contributed by atoms with Gasteiger partial charge in [-0.1, -0.05) is 18.7 Å². The van der Waals surface area contributed by atoms with Gasteiger partial charge in [0.2, 0.25) is 5.91 Å². The molecule has 10 heteroatoms. The Labute approximate surface area is 225 Å². The molecule has 2 aliphatic rings. The largest absolute Gasteiger partial charge is 0.490 e. The van der Waals surface area contributed by atoms with Gasteiger partial charge in [-0.15, -0.1) is 21.5 Å². The fourth-order valence-corrected chi connectivity index (χ4v) is 7.15. The molecule has 5 rings (SSSR count). The highest BCUT2D eigenvalue weighted by molar-refractivity contribution is 7.99. The quantitative estimate of drug-likeness (QED) is 0.297. The van der Waals surface area contributed by atoms with Crippen LogP contribution in [0.1, 0.15) is 59.8 Å². The van der Waals surface area contributed by atoms with Crippen LogP contribution in [0, 0.1) is 5.92 Å². The van der Waals surface area contributed by atoms with Crippen molar-refractivity contribution >= 4 is 40.0 Å². The summed E-state index contributed by atoms with van der Waals surface area (Å²) in [6.07, 6.45) is 7.82. The first-order chi connectivity index (χ1) is 17.9. The van der Waals surface area contributed by atoms with E-state index in [0.29, 0.717) is 27.7 Å². The average Bonchev–Trinajstić information content (AvgIpc) is 3.62. The van der Waals surface area contributed by atoms with Crippen LogP contribution in [-0.2, 0) is 29.4 Å². The van der Waals surface area contributed by atoms with Gasteiger partial charge in [0.15, 0.2) is 11.0 Å². The van der Waals surface area contributed by atoms with E-state index in [2.05, 4.69) is 22.4 Å². The SMILES string of the molecule is COC(=O)c1c(NC(=O)CSc2nnc(-c3ccc(OC4CCCC4)cc3)n2C)sc2c1CCC(C)C2. The fourth-order valence-electron chi connectivity index (χ4n) is 5.02. The summed E-state index contributed by atoms with van der Waals surface area (Å²) in [4.78, 5) is 26.5. The van der Waals surface area contributed by atoms with Crippen LogP contribution in [-0.4, -0.2) is 45.6 Å². The van der Waals surface area contributed by atoms with Crippen LogP contribution >= 0.6 is 23.1 Å². The van der Waals surface area contributed by atoms with Gasteiger partial charge in [0.25, 0.3) is 0 Å². The zero-order valence-corrected chi connectivity index (χ0v) is 23.0. The zero-order valence-electron chi connectivity index (χ0n) is 21.4. The molecule has 0 aliphatic heterocycles. The Morgan fingerprint density at radius 1 is 1.16 bits per heavy atom. The molecule has 8 nitrogen and oxygen atoms in total. The fraction of sp³-hybridized carbons (Fsp3) is 0.481. The highest BCUT2D eigenvalue weighted by atomic mass is 32.2. The minimum Gasteiger partial charge on any atom is -0.490 e. The first-order valence-electron chi connectivity index (χ1n) is 12.7. The number of amides is 1. The lowest BCUT2D eigenvalue weighted by atomic mass is 9.88. The second-order valence-electron chi connectivity index (χ2n) is 9.80. The predicted octanol–water partition coefficient (Wildman–Crippen LogP) is 5.51. The molecule has 1 unspecified atom stereocenters. The summed E-state index contributed by atoms with van der Waals surface area (Å²) in [5.41, 5.74) is 2.47. The molecular formula is C27H32N4O4S2. The minimum absolute atomic E-state index is 0.153. The Hall–Kier alpha value is -2.85. The van der Waals surface area contributed by atoms with Crippen LogP contribution in [0.2, 0.25) is 0 Å². The normalized spacial score (nSPS) is 17.4. The molecule has 2 aliphatic carbocycles. The Bertz CT molecular complexity index is 1280. The number of benzene rings is 1. The van der Waals surface area contributed by atoms with Crippen molar-refractivity contribution in [2.24, 2.45) is 13.0 Å². The topological polar surface area (TPSA) is 95.3 Å². The van der Waals surface area contributed by atoms with E-state index in [1.807, 2.05) is 35.9 Å². The summed E-state index contributed by atoms with van der Waals surface area (Å²) in [6, 6.07) is 7.93. The van der Waals surface area contributed by atoms with Crippen molar-refractivity contribution in [3.8, 4) is 17.1 Å². The van der Waals surface area contributed by atoms with E-state index in [9.17, 15) is 9.59 Å². The molecule has 196 valence electrons. The summed E-state index contributed by atoms with van der Waals surface area (Å²) in [5, 5.41) is 12.8. The molecule has 2 aromatic heterocycles. The summed E-state index contributed by atoms with van der Waals surface area (Å²) in [5.74, 6) is 1.73. The van der Waals surface area contributed by atoms with E-state index < -0.39 is 5.97 Å². The molecule has 3 aromatic rings. The molecule has 1 saturated carbocycles. The van der Waals surface area contributed by atoms with Crippen LogP contribution < -0.4 is 10.1 Å². The number of ether oxygens (including phenoxy) is 2. The summed E-state index contributed by atoms with van der Waals surface area (Å²) < 4.78 is 13.0. The minimum atomic E-state index is -0.396. The Kier molecular flexibility index (Phi) is 7.85. The highest BCUT2D eigenvalue weighted by Gasteiger charge is 2.29. The molecule has 0 spiro atoms. The molecule has 1 fully saturated rings. The number of esters is 1. The smallest absolute Gasteiger partial charge is 0.341 e. The molecule has 0 radical (unpaired) electrons. The third-order valence-electron chi connectivity index (χ3n) is 7.04. The van der Waals surface area contributed by atoms with Crippen molar-refractivity contribution in [2.45, 2.75) is 63.1 Å². The van der Waals surface area contributed by atoms with E-state index in [0.717, 1.165) is 54.8 Å². The van der Waals surface area contributed by atoms with Crippen molar-refractivity contribution < 1.29 is 19.1 Å². The summed E-state index contributed by atoms with van der Waals surface area (Å²) >= 11 is 2.80. The van der Waals surface area contributed by atoms with Gasteiger partial charge < -0.3 is 19.4 Å². The zero-order chi connectivity index (χ0) is 25.9. The van der Waals surface area contributed by atoms with Gasteiger partial charge in [0, 0.05) is 17.5 Å². The number of nitrogens with zero attached hydrogens (tertiary/aromatic N) is 3. The number of hydrogen-bond donors (Lipinski definition) is 1. The molecule has 1 amide bonds. The predicted molar refractivity (Wildman–Crippen MR) is 146 cm³/mol. The van der Waals surface area contributed by atoms with Crippen LogP contribution in [0.25, 0.3) is 11.4 Å². The number of rotatable bonds is 8. The standard InChI is InChI=1S/C27H32N4O4S2/c1-16-8-13-20-21(14-16)37-25(23(20)26(33)34-3)28-22(32)15-36-27-30-29-24(31(27)2)17-9-11-19(12-10-17)35-18-6-4-5-7-18/h9-12,16,18H,4-8,13-15H2,1-3H3,(H,28,32). The van der Waals surface area contributed by atoms with Gasteiger partial charge >= 0.3 is 5.97 Å². The second-order valence-corrected chi connectivity index (χ2v) is 11.8. The first kappa shape index (κ1) is 25.8. The van der Waals surface area contributed by atoms with E-state index >= 15 is 0 Å². The van der Waals surface area contributed by atoms with Crippen molar-refractivity contribution in [3.63, 3.8) is 0 Å². The van der Waals surface area contributed by atoms with Crippen LogP contribution in [0.4, 0.5) is 5.00 Å². The lowest BCUT2D eigenvalue weighted by molar-refractivity contribution is -0.113. The monoisotopic (exact) mass is 540 g/mol. The third-order valence-corrected chi connectivity index (χ3v) is 9.23. The number of thioether (sulfide) groups is 1. The van der Waals surface area contributed by atoms with E-state index in [4.69, 9.17) is 9.47 Å². The number of nitrogens with one attached hydrogen (secondary N) is 1. The lowest BCUT2D eigenvalue weighted by Gasteiger charge is -2.18. The molecule has 0 bridgehead atoms. The van der Waals surface area contributed by atoms with Crippen molar-refractivity contribution in [1.82, 2.24) is 14.8 Å². The third kappa shape index (κ3) is 5.70. The molecule has 2 heterocycles. The van der Waals surface area contributed by atoms with Crippen LogP contribution in [0.5, 0.6) is 5.75 Å². The van der Waals surface area contributed by atoms with E-state index in [-0.39, 0.29) is 11.7 Å². The van der Waals surface area contributed by atoms with Gasteiger partial charge in [-0.25, -0.2) is 4.79 Å². The van der Waals surface area contributed by atoms with Crippen LogP contribution in [0.15, 0.2) is 29.4 Å². The van der Waals surface area contributed by atoms with E-state index in [1.54, 1.807) is 0 Å². The summed E-state index contributed by atoms with van der Waals surface area (Å²) in [7, 11) is 3.27. The lowest BCUT2D eigenvalue weighted by Crippen LogP contribution is -2.17. The number of carbonyl (C=O) groups is 2. The van der Waals surface area contributed by atoms with Gasteiger partial charge in [-0.05, 0) is 80.7 Å². The van der Waals surface area contributed by atoms with E-state index in [1.165, 1.54) is 47.9 Å². The van der Waals surface area contributed by atoms with Crippen molar-refractivity contribution in [2.75, 3.05) is 18.2 Å². The van der Waals surface area contributed by atoms with Crippen molar-refractivity contribution in [3.05, 3.63) is 40.3 Å². The van der Waals surface area contributed by atoms with Gasteiger partial charge in [-0.2, -0.15) is 0 Å². The number of methoxy groups -OCH3 is 1. The Morgan fingerprint density at radius 3 is 2.65 bits per heavy atom. The average molecular weight is 541 g/mol. The number of fused-ring (bicyclic) bond motifs is 1. The maximum Gasteiger partial charge on any atom is 0.341 e. The van der Waals surface area contributed by atoms with Crippen molar-refractivity contribution in [1.29, 1.82) is 0 Å². The van der Waals surface area contributed by atoms with Gasteiger partial charge in [0.1, 0.15) is 10.8 Å². The molecular weight excluding hydrogens is 508 g/mol. The first-order valence-corrected chi connectivity index (χ1v) is 14.5. The number of hydrogen-bond acceptors (Lipinski definition) is 8. The Morgan fingerprint density at radius 2 is 1.92 bits per heavy atom. The number of thiophene rings is 1. The summed E-state index contributed by atoms with van der Waals surface area (Å²) in [6.45, 7) is 2.21. The maximum absolute atomic E-state index is 12.8. The molecule has 37 heavy (non-hydrogen) atoms. The van der Waals surface area contributed by atoms with Gasteiger partial charge in [-0.3, -0.25) is 4.79 Å². The molecule has 1 aromatic carbocycles.